The summed E-state index contributed by atoms with van der Waals surface area (Å²) in [6.07, 6.45) is 2.00. The molecule has 1 saturated heterocycles. The van der Waals surface area contributed by atoms with Crippen LogP contribution < -0.4 is 0 Å². The van der Waals surface area contributed by atoms with Gasteiger partial charge in [0, 0.05) is 18.5 Å². The van der Waals surface area contributed by atoms with Crippen LogP contribution in [0.3, 0.4) is 0 Å². The zero-order valence-corrected chi connectivity index (χ0v) is 14.8. The molecule has 1 fully saturated rings. The second kappa shape index (κ2) is 5.82. The van der Waals surface area contributed by atoms with Crippen molar-refractivity contribution in [3.8, 4) is 0 Å². The number of carbonyl (C=O) groups is 1. The number of benzene rings is 1. The molecule has 1 aromatic carbocycles. The van der Waals surface area contributed by atoms with Gasteiger partial charge in [0.05, 0.1) is 0 Å². The highest BCUT2D eigenvalue weighted by Crippen LogP contribution is 2.41. The fourth-order valence-electron chi connectivity index (χ4n) is 3.82. The normalized spacial score (nSPS) is 21.1. The van der Waals surface area contributed by atoms with Gasteiger partial charge in [-0.3, -0.25) is 0 Å². The van der Waals surface area contributed by atoms with Crippen molar-refractivity contribution < 1.29 is 9.53 Å². The molecule has 2 aliphatic rings. The van der Waals surface area contributed by atoms with E-state index in [0.29, 0.717) is 6.54 Å². The monoisotopic (exact) mass is 316 g/mol. The van der Waals surface area contributed by atoms with E-state index >= 15 is 0 Å². The van der Waals surface area contributed by atoms with E-state index in [-0.39, 0.29) is 11.5 Å². The van der Waals surface area contributed by atoms with E-state index in [9.17, 15) is 4.79 Å². The Morgan fingerprint density at radius 2 is 1.83 bits per heavy atom. The van der Waals surface area contributed by atoms with Crippen LogP contribution in [0.1, 0.15) is 44.7 Å². The van der Waals surface area contributed by atoms with Gasteiger partial charge in [0.2, 0.25) is 0 Å². The van der Waals surface area contributed by atoms with E-state index in [1.807, 2.05) is 25.7 Å². The van der Waals surface area contributed by atoms with Gasteiger partial charge in [0.25, 0.3) is 0 Å². The van der Waals surface area contributed by atoms with E-state index in [4.69, 9.17) is 4.74 Å². The molecule has 1 spiro atoms. The van der Waals surface area contributed by atoms with Crippen LogP contribution >= 0.6 is 0 Å². The van der Waals surface area contributed by atoms with Gasteiger partial charge in [-0.2, -0.15) is 0 Å². The first kappa shape index (κ1) is 16.3. The number of piperidine rings is 1. The SMILES string of the molecule is CN1CCC2(CC1)CN(C(=O)OC(C)(C)C)Cc1ccccc12. The molecule has 0 N–H and O–H groups in total. The molecule has 2 heterocycles. The zero-order valence-electron chi connectivity index (χ0n) is 14.8. The third-order valence-corrected chi connectivity index (χ3v) is 5.04. The Labute approximate surface area is 139 Å². The first-order chi connectivity index (χ1) is 10.8. The first-order valence-corrected chi connectivity index (χ1v) is 8.54. The minimum Gasteiger partial charge on any atom is -0.444 e. The summed E-state index contributed by atoms with van der Waals surface area (Å²) >= 11 is 0. The van der Waals surface area contributed by atoms with Gasteiger partial charge in [-0.1, -0.05) is 24.3 Å². The van der Waals surface area contributed by atoms with Crippen molar-refractivity contribution in [1.29, 1.82) is 0 Å². The van der Waals surface area contributed by atoms with Crippen molar-refractivity contribution in [3.05, 3.63) is 35.4 Å². The summed E-state index contributed by atoms with van der Waals surface area (Å²) < 4.78 is 5.62. The van der Waals surface area contributed by atoms with Gasteiger partial charge in [-0.25, -0.2) is 4.79 Å². The first-order valence-electron chi connectivity index (χ1n) is 8.54. The molecule has 1 aromatic rings. The predicted octanol–water partition coefficient (Wildman–Crippen LogP) is 3.40. The number of likely N-dealkylation sites (tertiary alicyclic amines) is 1. The Morgan fingerprint density at radius 1 is 1.17 bits per heavy atom. The molecule has 0 aromatic heterocycles. The van der Waals surface area contributed by atoms with Gasteiger partial charge >= 0.3 is 6.09 Å². The van der Waals surface area contributed by atoms with Crippen LogP contribution in [0.25, 0.3) is 0 Å². The topological polar surface area (TPSA) is 32.8 Å². The summed E-state index contributed by atoms with van der Waals surface area (Å²) in [6.45, 7) is 9.36. The highest BCUT2D eigenvalue weighted by molar-refractivity contribution is 5.69. The molecule has 0 unspecified atom stereocenters. The van der Waals surface area contributed by atoms with Gasteiger partial charge in [0.1, 0.15) is 5.60 Å². The maximum atomic E-state index is 12.6. The second-order valence-corrected chi connectivity index (χ2v) is 8.08. The van der Waals surface area contributed by atoms with Crippen molar-refractivity contribution in [3.63, 3.8) is 0 Å². The number of fused-ring (bicyclic) bond motifs is 2. The number of ether oxygens (including phenoxy) is 1. The predicted molar refractivity (Wildman–Crippen MR) is 91.5 cm³/mol. The average molecular weight is 316 g/mol. The molecule has 0 atom stereocenters. The van der Waals surface area contributed by atoms with Gasteiger partial charge in [-0.15, -0.1) is 0 Å². The molecule has 2 aliphatic heterocycles. The summed E-state index contributed by atoms with van der Waals surface area (Å²) in [7, 11) is 2.17. The summed E-state index contributed by atoms with van der Waals surface area (Å²) in [6, 6.07) is 8.61. The standard InChI is InChI=1S/C19H28N2O2/c1-18(2,3)23-17(22)21-13-15-7-5-6-8-16(15)19(14-21)9-11-20(4)12-10-19/h5-8H,9-14H2,1-4H3. The summed E-state index contributed by atoms with van der Waals surface area (Å²) in [5, 5.41) is 0. The third-order valence-electron chi connectivity index (χ3n) is 5.04. The zero-order chi connectivity index (χ0) is 16.7. The number of nitrogens with zero attached hydrogens (tertiary/aromatic N) is 2. The van der Waals surface area contributed by atoms with E-state index in [1.165, 1.54) is 11.1 Å². The highest BCUT2D eigenvalue weighted by atomic mass is 16.6. The molecular weight excluding hydrogens is 288 g/mol. The maximum Gasteiger partial charge on any atom is 0.410 e. The van der Waals surface area contributed by atoms with E-state index in [2.05, 4.69) is 36.2 Å². The largest absolute Gasteiger partial charge is 0.444 e. The maximum absolute atomic E-state index is 12.6. The minimum atomic E-state index is -0.450. The quantitative estimate of drug-likeness (QED) is 0.735. The number of rotatable bonds is 0. The number of carbonyl (C=O) groups excluding carboxylic acids is 1. The van der Waals surface area contributed by atoms with Crippen molar-refractivity contribution in [2.24, 2.45) is 0 Å². The Balaban J connectivity index is 1.89. The van der Waals surface area contributed by atoms with E-state index in [1.54, 1.807) is 0 Å². The Kier molecular flexibility index (Phi) is 4.13. The lowest BCUT2D eigenvalue weighted by Gasteiger charge is -2.48. The minimum absolute atomic E-state index is 0.0816. The molecule has 0 bridgehead atoms. The second-order valence-electron chi connectivity index (χ2n) is 8.08. The van der Waals surface area contributed by atoms with Crippen LogP contribution in [0.5, 0.6) is 0 Å². The number of hydrogen-bond acceptors (Lipinski definition) is 3. The lowest BCUT2D eigenvalue weighted by molar-refractivity contribution is 0.0114. The fraction of sp³-hybridized carbons (Fsp3) is 0.632. The molecule has 0 radical (unpaired) electrons. The average Bonchev–Trinajstić information content (AvgIpc) is 2.49. The lowest BCUT2D eigenvalue weighted by Crippen LogP contribution is -2.53. The van der Waals surface area contributed by atoms with Crippen LogP contribution in [0, 0.1) is 0 Å². The van der Waals surface area contributed by atoms with Gasteiger partial charge in [-0.05, 0) is 64.9 Å². The van der Waals surface area contributed by atoms with Crippen LogP contribution in [0.4, 0.5) is 4.79 Å². The summed E-state index contributed by atoms with van der Waals surface area (Å²) in [5.74, 6) is 0. The Hall–Kier alpha value is -1.55. The van der Waals surface area contributed by atoms with Crippen molar-refractivity contribution in [2.75, 3.05) is 26.7 Å². The van der Waals surface area contributed by atoms with Crippen molar-refractivity contribution in [2.45, 2.75) is 51.2 Å². The Bertz CT molecular complexity index is 583. The molecule has 3 rings (SSSR count). The molecular formula is C19H28N2O2. The smallest absolute Gasteiger partial charge is 0.410 e. The molecule has 0 aliphatic carbocycles. The van der Waals surface area contributed by atoms with Crippen molar-refractivity contribution >= 4 is 6.09 Å². The number of amides is 1. The molecule has 4 heteroatoms. The molecule has 126 valence electrons. The lowest BCUT2D eigenvalue weighted by atomic mass is 9.69. The fourth-order valence-corrected chi connectivity index (χ4v) is 3.82. The van der Waals surface area contributed by atoms with Crippen molar-refractivity contribution in [1.82, 2.24) is 9.80 Å². The molecule has 1 amide bonds. The highest BCUT2D eigenvalue weighted by Gasteiger charge is 2.43. The summed E-state index contributed by atoms with van der Waals surface area (Å²) in [5.41, 5.74) is 2.34. The van der Waals surface area contributed by atoms with Gasteiger partial charge in [0.15, 0.2) is 0 Å². The third kappa shape index (κ3) is 3.37. The van der Waals surface area contributed by atoms with Crippen LogP contribution in [0.2, 0.25) is 0 Å². The molecule has 23 heavy (non-hydrogen) atoms. The summed E-state index contributed by atoms with van der Waals surface area (Å²) in [4.78, 5) is 16.9. The number of hydrogen-bond donors (Lipinski definition) is 0. The van der Waals surface area contributed by atoms with Crippen LogP contribution in [-0.4, -0.2) is 48.2 Å². The van der Waals surface area contributed by atoms with E-state index < -0.39 is 5.60 Å². The van der Waals surface area contributed by atoms with E-state index in [0.717, 1.165) is 32.5 Å². The van der Waals surface area contributed by atoms with Crippen LogP contribution in [-0.2, 0) is 16.7 Å². The molecule has 0 saturated carbocycles. The Morgan fingerprint density at radius 3 is 2.48 bits per heavy atom. The van der Waals surface area contributed by atoms with Crippen LogP contribution in [0.15, 0.2) is 24.3 Å². The molecule has 4 nitrogen and oxygen atoms in total. The van der Waals surface area contributed by atoms with Gasteiger partial charge < -0.3 is 14.5 Å².